The summed E-state index contributed by atoms with van der Waals surface area (Å²) >= 11 is 0. The number of nitrogens with one attached hydrogen (secondary N) is 1. The highest BCUT2D eigenvalue weighted by Crippen LogP contribution is 2.39. The molecule has 1 fully saturated rings. The first kappa shape index (κ1) is 12.2. The molecular formula is C14H21NO2. The summed E-state index contributed by atoms with van der Waals surface area (Å²) in [5.74, 6) is 1.60. The van der Waals surface area contributed by atoms with Crippen molar-refractivity contribution in [1.82, 2.24) is 5.32 Å². The lowest BCUT2D eigenvalue weighted by Gasteiger charge is -2.29. The van der Waals surface area contributed by atoms with E-state index in [-0.39, 0.29) is 5.41 Å². The standard InChI is InChI=1S/C14H21NO2/c1-10-14(2,7-8-15-10)11-5-6-12(16-3)13(9-11)17-4/h5-6,9-10,15H,7-8H2,1-4H3. The van der Waals surface area contributed by atoms with Gasteiger partial charge in [-0.1, -0.05) is 13.0 Å². The van der Waals surface area contributed by atoms with E-state index in [1.54, 1.807) is 14.2 Å². The van der Waals surface area contributed by atoms with Crippen LogP contribution in [0.1, 0.15) is 25.8 Å². The Bertz CT molecular complexity index is 405. The molecule has 1 aliphatic heterocycles. The summed E-state index contributed by atoms with van der Waals surface area (Å²) in [4.78, 5) is 0. The van der Waals surface area contributed by atoms with Crippen LogP contribution in [0.4, 0.5) is 0 Å². The second kappa shape index (κ2) is 4.57. The smallest absolute Gasteiger partial charge is 0.161 e. The van der Waals surface area contributed by atoms with E-state index in [4.69, 9.17) is 9.47 Å². The first-order valence-corrected chi connectivity index (χ1v) is 6.07. The maximum Gasteiger partial charge on any atom is 0.161 e. The summed E-state index contributed by atoms with van der Waals surface area (Å²) in [7, 11) is 3.35. The summed E-state index contributed by atoms with van der Waals surface area (Å²) in [5, 5.41) is 3.50. The molecule has 2 atom stereocenters. The number of hydrogen-bond donors (Lipinski definition) is 1. The molecule has 0 radical (unpaired) electrons. The van der Waals surface area contributed by atoms with Gasteiger partial charge in [0.2, 0.25) is 0 Å². The fourth-order valence-corrected chi connectivity index (χ4v) is 2.58. The Balaban J connectivity index is 2.39. The SMILES string of the molecule is COc1ccc(C2(C)CCNC2C)cc1OC. The number of ether oxygens (including phenoxy) is 2. The first-order chi connectivity index (χ1) is 8.11. The van der Waals surface area contributed by atoms with Crippen LogP contribution in [0, 0.1) is 0 Å². The van der Waals surface area contributed by atoms with Gasteiger partial charge in [0.05, 0.1) is 14.2 Å². The Morgan fingerprint density at radius 3 is 2.47 bits per heavy atom. The average Bonchev–Trinajstić information content (AvgIpc) is 2.70. The lowest BCUT2D eigenvalue weighted by atomic mass is 9.77. The van der Waals surface area contributed by atoms with Gasteiger partial charge in [0.15, 0.2) is 11.5 Å². The van der Waals surface area contributed by atoms with Crippen LogP contribution in [0.25, 0.3) is 0 Å². The second-order valence-electron chi connectivity index (χ2n) is 4.91. The molecule has 0 aromatic heterocycles. The van der Waals surface area contributed by atoms with Gasteiger partial charge < -0.3 is 14.8 Å². The van der Waals surface area contributed by atoms with Crippen LogP contribution in [-0.4, -0.2) is 26.8 Å². The molecule has 1 N–H and O–H groups in total. The van der Waals surface area contributed by atoms with Crippen LogP contribution >= 0.6 is 0 Å². The molecule has 1 aliphatic rings. The largest absolute Gasteiger partial charge is 0.493 e. The van der Waals surface area contributed by atoms with Gasteiger partial charge in [-0.3, -0.25) is 0 Å². The third kappa shape index (κ3) is 2.00. The molecular weight excluding hydrogens is 214 g/mol. The minimum atomic E-state index is 0.180. The molecule has 94 valence electrons. The molecule has 0 saturated carbocycles. The predicted molar refractivity (Wildman–Crippen MR) is 69.0 cm³/mol. The van der Waals surface area contributed by atoms with Crippen molar-refractivity contribution in [2.75, 3.05) is 20.8 Å². The van der Waals surface area contributed by atoms with Crippen molar-refractivity contribution >= 4 is 0 Å². The molecule has 2 rings (SSSR count). The Kier molecular flexibility index (Phi) is 3.29. The van der Waals surface area contributed by atoms with Crippen LogP contribution in [0.2, 0.25) is 0 Å². The molecule has 0 spiro atoms. The lowest BCUT2D eigenvalue weighted by molar-refractivity contribution is 0.351. The number of methoxy groups -OCH3 is 2. The van der Waals surface area contributed by atoms with Gasteiger partial charge in [-0.05, 0) is 37.6 Å². The molecule has 2 unspecified atom stereocenters. The minimum Gasteiger partial charge on any atom is -0.493 e. The Labute approximate surface area is 103 Å². The molecule has 1 aromatic rings. The number of hydrogen-bond acceptors (Lipinski definition) is 3. The monoisotopic (exact) mass is 235 g/mol. The van der Waals surface area contributed by atoms with Gasteiger partial charge in [-0.2, -0.15) is 0 Å². The average molecular weight is 235 g/mol. The van der Waals surface area contributed by atoms with E-state index in [2.05, 4.69) is 31.3 Å². The molecule has 17 heavy (non-hydrogen) atoms. The predicted octanol–water partition coefficient (Wildman–Crippen LogP) is 2.34. The van der Waals surface area contributed by atoms with Crippen LogP contribution in [0.15, 0.2) is 18.2 Å². The van der Waals surface area contributed by atoms with Crippen molar-refractivity contribution in [3.8, 4) is 11.5 Å². The van der Waals surface area contributed by atoms with E-state index in [0.717, 1.165) is 24.5 Å². The molecule has 1 saturated heterocycles. The van der Waals surface area contributed by atoms with Crippen LogP contribution in [0.3, 0.4) is 0 Å². The van der Waals surface area contributed by atoms with E-state index < -0.39 is 0 Å². The summed E-state index contributed by atoms with van der Waals surface area (Å²) in [6.07, 6.45) is 1.16. The highest BCUT2D eigenvalue weighted by atomic mass is 16.5. The number of benzene rings is 1. The topological polar surface area (TPSA) is 30.5 Å². The third-order valence-corrected chi connectivity index (χ3v) is 4.09. The molecule has 1 aromatic carbocycles. The molecule has 0 amide bonds. The van der Waals surface area contributed by atoms with Crippen molar-refractivity contribution in [2.45, 2.75) is 31.7 Å². The van der Waals surface area contributed by atoms with Crippen molar-refractivity contribution in [1.29, 1.82) is 0 Å². The Morgan fingerprint density at radius 1 is 1.24 bits per heavy atom. The van der Waals surface area contributed by atoms with Crippen LogP contribution < -0.4 is 14.8 Å². The number of rotatable bonds is 3. The lowest BCUT2D eigenvalue weighted by Crippen LogP contribution is -2.35. The van der Waals surface area contributed by atoms with Crippen molar-refractivity contribution < 1.29 is 9.47 Å². The van der Waals surface area contributed by atoms with Crippen LogP contribution in [0.5, 0.6) is 11.5 Å². The molecule has 3 nitrogen and oxygen atoms in total. The van der Waals surface area contributed by atoms with E-state index in [0.29, 0.717) is 6.04 Å². The van der Waals surface area contributed by atoms with Gasteiger partial charge in [0.1, 0.15) is 0 Å². The summed E-state index contributed by atoms with van der Waals surface area (Å²) in [5.41, 5.74) is 1.49. The fraction of sp³-hybridized carbons (Fsp3) is 0.571. The van der Waals surface area contributed by atoms with Crippen molar-refractivity contribution in [3.05, 3.63) is 23.8 Å². The zero-order valence-electron chi connectivity index (χ0n) is 11.0. The van der Waals surface area contributed by atoms with E-state index in [9.17, 15) is 0 Å². The Morgan fingerprint density at radius 2 is 1.94 bits per heavy atom. The first-order valence-electron chi connectivity index (χ1n) is 6.07. The van der Waals surface area contributed by atoms with Gasteiger partial charge in [-0.15, -0.1) is 0 Å². The third-order valence-electron chi connectivity index (χ3n) is 4.09. The normalized spacial score (nSPS) is 28.1. The maximum absolute atomic E-state index is 5.37. The maximum atomic E-state index is 5.37. The molecule has 0 bridgehead atoms. The second-order valence-corrected chi connectivity index (χ2v) is 4.91. The highest BCUT2D eigenvalue weighted by Gasteiger charge is 2.37. The summed E-state index contributed by atoms with van der Waals surface area (Å²) in [6.45, 7) is 5.62. The Hall–Kier alpha value is -1.22. The van der Waals surface area contributed by atoms with Gasteiger partial charge in [-0.25, -0.2) is 0 Å². The summed E-state index contributed by atoms with van der Waals surface area (Å²) < 4.78 is 10.6. The zero-order chi connectivity index (χ0) is 12.5. The molecule has 0 aliphatic carbocycles. The molecule has 1 heterocycles. The van der Waals surface area contributed by atoms with Crippen molar-refractivity contribution in [2.24, 2.45) is 0 Å². The summed E-state index contributed by atoms with van der Waals surface area (Å²) in [6, 6.07) is 6.72. The van der Waals surface area contributed by atoms with Gasteiger partial charge in [0.25, 0.3) is 0 Å². The van der Waals surface area contributed by atoms with Gasteiger partial charge >= 0.3 is 0 Å². The van der Waals surface area contributed by atoms with E-state index >= 15 is 0 Å². The van der Waals surface area contributed by atoms with Gasteiger partial charge in [0, 0.05) is 11.5 Å². The van der Waals surface area contributed by atoms with Crippen molar-refractivity contribution in [3.63, 3.8) is 0 Å². The minimum absolute atomic E-state index is 0.180. The zero-order valence-corrected chi connectivity index (χ0v) is 11.0. The van der Waals surface area contributed by atoms with E-state index in [1.165, 1.54) is 5.56 Å². The van der Waals surface area contributed by atoms with E-state index in [1.807, 2.05) is 6.07 Å². The fourth-order valence-electron chi connectivity index (χ4n) is 2.58. The quantitative estimate of drug-likeness (QED) is 0.872. The van der Waals surface area contributed by atoms with Crippen LogP contribution in [-0.2, 0) is 5.41 Å². The highest BCUT2D eigenvalue weighted by molar-refractivity contribution is 5.45. The molecule has 3 heteroatoms.